The first-order chi connectivity index (χ1) is 9.08. The van der Waals surface area contributed by atoms with Crippen LogP contribution in [0.1, 0.15) is 16.8 Å². The largest absolute Gasteiger partial charge is 0.352 e. The van der Waals surface area contributed by atoms with Gasteiger partial charge in [0.1, 0.15) is 5.82 Å². The minimum absolute atomic E-state index is 0.00231. The van der Waals surface area contributed by atoms with E-state index in [1.807, 2.05) is 0 Å². The second kappa shape index (κ2) is 6.12. The SMILES string of the molecule is O=C(NC(=S)N[C@@H]1CCSC1=O)c1ccccc1F. The fourth-order valence-corrected chi connectivity index (χ4v) is 2.80. The molecule has 7 heteroatoms. The molecule has 100 valence electrons. The van der Waals surface area contributed by atoms with Crippen molar-refractivity contribution >= 4 is 40.1 Å². The van der Waals surface area contributed by atoms with Gasteiger partial charge in [0.05, 0.1) is 11.6 Å². The van der Waals surface area contributed by atoms with Crippen molar-refractivity contribution in [3.05, 3.63) is 35.6 Å². The molecule has 2 N–H and O–H groups in total. The Morgan fingerprint density at radius 2 is 2.16 bits per heavy atom. The third kappa shape index (κ3) is 3.51. The number of halogens is 1. The Kier molecular flexibility index (Phi) is 4.49. The first-order valence-electron chi connectivity index (χ1n) is 5.61. The van der Waals surface area contributed by atoms with Gasteiger partial charge in [0.2, 0.25) is 5.12 Å². The van der Waals surface area contributed by atoms with E-state index in [2.05, 4.69) is 10.6 Å². The summed E-state index contributed by atoms with van der Waals surface area (Å²) in [6.07, 6.45) is 0.666. The van der Waals surface area contributed by atoms with Gasteiger partial charge in [-0.25, -0.2) is 4.39 Å². The molecule has 2 rings (SSSR count). The van der Waals surface area contributed by atoms with Crippen molar-refractivity contribution in [2.24, 2.45) is 0 Å². The van der Waals surface area contributed by atoms with Crippen LogP contribution in [0, 0.1) is 5.82 Å². The van der Waals surface area contributed by atoms with Gasteiger partial charge in [-0.05, 0) is 30.8 Å². The zero-order valence-electron chi connectivity index (χ0n) is 9.81. The average Bonchev–Trinajstić information content (AvgIpc) is 2.75. The molecule has 0 saturated carbocycles. The summed E-state index contributed by atoms with van der Waals surface area (Å²) in [5.41, 5.74) is -0.0845. The molecule has 19 heavy (non-hydrogen) atoms. The lowest BCUT2D eigenvalue weighted by molar-refractivity contribution is -0.112. The van der Waals surface area contributed by atoms with Crippen LogP contribution in [0.25, 0.3) is 0 Å². The van der Waals surface area contributed by atoms with Crippen molar-refractivity contribution in [3.63, 3.8) is 0 Å². The van der Waals surface area contributed by atoms with Crippen LogP contribution in [0.15, 0.2) is 24.3 Å². The molecule has 1 amide bonds. The minimum Gasteiger partial charge on any atom is -0.352 e. The van der Waals surface area contributed by atoms with Gasteiger partial charge >= 0.3 is 0 Å². The maximum absolute atomic E-state index is 13.4. The average molecular weight is 298 g/mol. The molecule has 1 aromatic rings. The molecule has 0 aromatic heterocycles. The van der Waals surface area contributed by atoms with Crippen molar-refractivity contribution in [2.45, 2.75) is 12.5 Å². The quantitative estimate of drug-likeness (QED) is 0.810. The standard InChI is InChI=1S/C12H11FN2O2S2/c13-8-4-2-1-3-7(8)10(16)15-12(18)14-9-5-6-19-11(9)17/h1-4,9H,5-6H2,(H2,14,15,16,18)/t9-/m1/s1. The fraction of sp³-hybridized carbons (Fsp3) is 0.250. The summed E-state index contributed by atoms with van der Waals surface area (Å²) in [6, 6.07) is 5.24. The van der Waals surface area contributed by atoms with E-state index < -0.39 is 11.7 Å². The molecule has 1 aromatic carbocycles. The monoisotopic (exact) mass is 298 g/mol. The molecule has 1 heterocycles. The molecule has 0 bridgehead atoms. The predicted molar refractivity (Wildman–Crippen MR) is 75.5 cm³/mol. The van der Waals surface area contributed by atoms with Gasteiger partial charge < -0.3 is 5.32 Å². The van der Waals surface area contributed by atoms with Gasteiger partial charge in [0.15, 0.2) is 5.11 Å². The van der Waals surface area contributed by atoms with Gasteiger partial charge in [-0.3, -0.25) is 14.9 Å². The lowest BCUT2D eigenvalue weighted by atomic mass is 10.2. The predicted octanol–water partition coefficient (Wildman–Crippen LogP) is 1.46. The Bertz CT molecular complexity index is 536. The fourth-order valence-electron chi connectivity index (χ4n) is 1.64. The first kappa shape index (κ1) is 14.0. The smallest absolute Gasteiger partial charge is 0.260 e. The maximum Gasteiger partial charge on any atom is 0.260 e. The summed E-state index contributed by atoms with van der Waals surface area (Å²) in [5, 5.41) is 5.16. The van der Waals surface area contributed by atoms with Crippen LogP contribution in [0.4, 0.5) is 4.39 Å². The molecule has 1 aliphatic heterocycles. The van der Waals surface area contributed by atoms with E-state index >= 15 is 0 Å². The van der Waals surface area contributed by atoms with Crippen molar-refractivity contribution in [1.82, 2.24) is 10.6 Å². The number of nitrogens with one attached hydrogen (secondary N) is 2. The molecule has 0 unspecified atom stereocenters. The molecule has 1 saturated heterocycles. The number of carbonyl (C=O) groups excluding carboxylic acids is 2. The van der Waals surface area contributed by atoms with Gasteiger partial charge in [0.25, 0.3) is 5.91 Å². The Hall–Kier alpha value is -1.47. The number of carbonyl (C=O) groups is 2. The molecule has 4 nitrogen and oxygen atoms in total. The highest BCUT2D eigenvalue weighted by molar-refractivity contribution is 8.14. The lowest BCUT2D eigenvalue weighted by Crippen LogP contribution is -2.45. The van der Waals surface area contributed by atoms with Gasteiger partial charge in [-0.1, -0.05) is 23.9 Å². The molecule has 0 spiro atoms. The highest BCUT2D eigenvalue weighted by Gasteiger charge is 2.26. The molecule has 0 radical (unpaired) electrons. The zero-order valence-corrected chi connectivity index (χ0v) is 11.4. The third-order valence-electron chi connectivity index (χ3n) is 2.59. The number of amides is 1. The number of hydrogen-bond donors (Lipinski definition) is 2. The van der Waals surface area contributed by atoms with E-state index in [-0.39, 0.29) is 21.8 Å². The summed E-state index contributed by atoms with van der Waals surface area (Å²) >= 11 is 6.17. The third-order valence-corrected chi connectivity index (χ3v) is 3.82. The van der Waals surface area contributed by atoms with E-state index in [0.29, 0.717) is 6.42 Å². The Balaban J connectivity index is 1.94. The van der Waals surface area contributed by atoms with E-state index in [9.17, 15) is 14.0 Å². The number of hydrogen-bond acceptors (Lipinski definition) is 4. The molecule has 1 atom stereocenters. The molecule has 0 aliphatic carbocycles. The zero-order chi connectivity index (χ0) is 13.8. The first-order valence-corrected chi connectivity index (χ1v) is 7.00. The Labute approximate surface area is 119 Å². The number of rotatable bonds is 2. The van der Waals surface area contributed by atoms with Crippen LogP contribution < -0.4 is 10.6 Å². The summed E-state index contributed by atoms with van der Waals surface area (Å²) in [7, 11) is 0. The Morgan fingerprint density at radius 1 is 1.42 bits per heavy atom. The highest BCUT2D eigenvalue weighted by atomic mass is 32.2. The van der Waals surface area contributed by atoms with Crippen LogP contribution in [-0.2, 0) is 4.79 Å². The molecule has 1 fully saturated rings. The molecular formula is C12H11FN2O2S2. The van der Waals surface area contributed by atoms with Crippen molar-refractivity contribution in [3.8, 4) is 0 Å². The van der Waals surface area contributed by atoms with Crippen molar-refractivity contribution in [1.29, 1.82) is 0 Å². The van der Waals surface area contributed by atoms with Gasteiger partial charge in [-0.2, -0.15) is 0 Å². The van der Waals surface area contributed by atoms with E-state index in [4.69, 9.17) is 12.2 Å². The summed E-state index contributed by atoms with van der Waals surface area (Å²) < 4.78 is 13.4. The second-order valence-corrected chi connectivity index (χ2v) is 5.42. The highest BCUT2D eigenvalue weighted by Crippen LogP contribution is 2.19. The molecular weight excluding hydrogens is 287 g/mol. The van der Waals surface area contributed by atoms with E-state index in [0.717, 1.165) is 5.75 Å². The van der Waals surface area contributed by atoms with Crippen LogP contribution in [0.3, 0.4) is 0 Å². The van der Waals surface area contributed by atoms with Crippen LogP contribution in [0.2, 0.25) is 0 Å². The maximum atomic E-state index is 13.4. The van der Waals surface area contributed by atoms with Crippen LogP contribution >= 0.6 is 24.0 Å². The minimum atomic E-state index is -0.631. The topological polar surface area (TPSA) is 58.2 Å². The molecule has 1 aliphatic rings. The van der Waals surface area contributed by atoms with E-state index in [1.54, 1.807) is 6.07 Å². The van der Waals surface area contributed by atoms with Crippen molar-refractivity contribution in [2.75, 3.05) is 5.75 Å². The normalized spacial score (nSPS) is 18.2. The number of thiocarbonyl (C=S) groups is 1. The van der Waals surface area contributed by atoms with Crippen molar-refractivity contribution < 1.29 is 14.0 Å². The lowest BCUT2D eigenvalue weighted by Gasteiger charge is -2.13. The second-order valence-electron chi connectivity index (χ2n) is 3.92. The van der Waals surface area contributed by atoms with Gasteiger partial charge in [0, 0.05) is 5.75 Å². The summed E-state index contributed by atoms with van der Waals surface area (Å²) in [4.78, 5) is 23.2. The van der Waals surface area contributed by atoms with Crippen LogP contribution in [-0.4, -0.2) is 27.9 Å². The van der Waals surface area contributed by atoms with Gasteiger partial charge in [-0.15, -0.1) is 0 Å². The Morgan fingerprint density at radius 3 is 2.79 bits per heavy atom. The van der Waals surface area contributed by atoms with E-state index in [1.165, 1.54) is 30.0 Å². The number of benzene rings is 1. The summed E-state index contributed by atoms with van der Waals surface area (Å²) in [6.45, 7) is 0. The van der Waals surface area contributed by atoms with Crippen LogP contribution in [0.5, 0.6) is 0 Å². The summed E-state index contributed by atoms with van der Waals surface area (Å²) in [5.74, 6) is -0.510. The number of thioether (sulfide) groups is 1.